The van der Waals surface area contributed by atoms with E-state index in [1.807, 2.05) is 0 Å². The third-order valence-electron chi connectivity index (χ3n) is 5.22. The van der Waals surface area contributed by atoms with Crippen LogP contribution in [-0.4, -0.2) is 51.1 Å². The van der Waals surface area contributed by atoms with Gasteiger partial charge in [-0.25, -0.2) is 4.39 Å². The lowest BCUT2D eigenvalue weighted by Gasteiger charge is -2.25. The summed E-state index contributed by atoms with van der Waals surface area (Å²) in [4.78, 5) is 26.8. The van der Waals surface area contributed by atoms with Crippen molar-refractivity contribution >= 4 is 23.4 Å². The lowest BCUT2D eigenvalue weighted by molar-refractivity contribution is -0.130. The van der Waals surface area contributed by atoms with Crippen LogP contribution in [0.5, 0.6) is 17.2 Å². The Morgan fingerprint density at radius 2 is 1.77 bits per heavy atom. The van der Waals surface area contributed by atoms with E-state index in [0.29, 0.717) is 33.4 Å². The summed E-state index contributed by atoms with van der Waals surface area (Å²) < 4.78 is 30.4. The molecular weight excluding hydrogens is 427 g/mol. The average Bonchev–Trinajstić information content (AvgIpc) is 2.90. The first-order valence-electron chi connectivity index (χ1n) is 9.64. The predicted molar refractivity (Wildman–Crippen MR) is 113 cm³/mol. The van der Waals surface area contributed by atoms with E-state index in [0.717, 1.165) is 0 Å². The molecule has 0 aliphatic carbocycles. The summed E-state index contributed by atoms with van der Waals surface area (Å²) in [5.41, 5.74) is 0.961. The summed E-state index contributed by atoms with van der Waals surface area (Å²) in [7, 11) is 4.55. The fourth-order valence-electron chi connectivity index (χ4n) is 3.57. The molecule has 31 heavy (non-hydrogen) atoms. The van der Waals surface area contributed by atoms with Crippen molar-refractivity contribution in [2.45, 2.75) is 13.0 Å². The minimum atomic E-state index is -0.644. The van der Waals surface area contributed by atoms with Gasteiger partial charge >= 0.3 is 0 Å². The van der Waals surface area contributed by atoms with Gasteiger partial charge in [0.25, 0.3) is 0 Å². The molecule has 1 atom stereocenters. The van der Waals surface area contributed by atoms with Gasteiger partial charge in [-0.3, -0.25) is 9.59 Å². The van der Waals surface area contributed by atoms with Crippen molar-refractivity contribution in [2.24, 2.45) is 5.92 Å². The van der Waals surface area contributed by atoms with Gasteiger partial charge in [0, 0.05) is 23.7 Å². The maximum Gasteiger partial charge on any atom is 0.242 e. The number of halogens is 2. The van der Waals surface area contributed by atoms with Crippen LogP contribution in [0.15, 0.2) is 30.3 Å². The summed E-state index contributed by atoms with van der Waals surface area (Å²) in [6.07, 6.45) is 0.110. The molecule has 7 nitrogen and oxygen atoms in total. The molecule has 0 aromatic heterocycles. The van der Waals surface area contributed by atoms with Crippen molar-refractivity contribution in [1.29, 1.82) is 0 Å². The number of ether oxygens (including phenoxy) is 3. The molecule has 1 aliphatic rings. The Kier molecular flexibility index (Phi) is 7.22. The summed E-state index contributed by atoms with van der Waals surface area (Å²) in [6.45, 7) is 0.113. The zero-order valence-electron chi connectivity index (χ0n) is 17.5. The highest BCUT2D eigenvalue weighted by atomic mass is 35.5. The highest BCUT2D eigenvalue weighted by Gasteiger charge is 2.31. The van der Waals surface area contributed by atoms with Gasteiger partial charge in [-0.1, -0.05) is 11.6 Å². The Bertz CT molecular complexity index is 959. The van der Waals surface area contributed by atoms with Crippen molar-refractivity contribution in [3.05, 3.63) is 52.3 Å². The first kappa shape index (κ1) is 22.7. The molecule has 0 radical (unpaired) electrons. The van der Waals surface area contributed by atoms with Gasteiger partial charge in [-0.15, -0.1) is 0 Å². The third kappa shape index (κ3) is 5.19. The van der Waals surface area contributed by atoms with Gasteiger partial charge in [0.15, 0.2) is 0 Å². The van der Waals surface area contributed by atoms with Crippen LogP contribution < -0.4 is 19.5 Å². The standard InChI is InChI=1S/C22H24ClFN2O5/c1-29-16-8-19(30-2)17(20(9-16)31-3)12-26-11-14(22(28)25-10-21(26)27)6-13-7-15(23)4-5-18(13)24/h4-5,7-9,14H,6,10-12H2,1-3H3,(H,25,28). The van der Waals surface area contributed by atoms with Crippen LogP contribution in [0.25, 0.3) is 0 Å². The molecule has 1 saturated heterocycles. The second-order valence-corrected chi connectivity index (χ2v) is 7.58. The van der Waals surface area contributed by atoms with Crippen molar-refractivity contribution in [3.63, 3.8) is 0 Å². The molecule has 3 rings (SSSR count). The van der Waals surface area contributed by atoms with E-state index in [1.54, 1.807) is 12.1 Å². The second kappa shape index (κ2) is 9.87. The number of nitrogens with one attached hydrogen (secondary N) is 1. The number of carbonyl (C=O) groups is 2. The van der Waals surface area contributed by atoms with Crippen LogP contribution in [0, 0.1) is 11.7 Å². The Morgan fingerprint density at radius 3 is 2.39 bits per heavy atom. The van der Waals surface area contributed by atoms with Crippen LogP contribution in [0.1, 0.15) is 11.1 Å². The number of nitrogens with zero attached hydrogens (tertiary/aromatic N) is 1. The van der Waals surface area contributed by atoms with Gasteiger partial charge in [0.05, 0.1) is 45.9 Å². The van der Waals surface area contributed by atoms with Crippen LogP contribution in [0.2, 0.25) is 5.02 Å². The lowest BCUT2D eigenvalue weighted by Crippen LogP contribution is -2.36. The second-order valence-electron chi connectivity index (χ2n) is 7.14. The largest absolute Gasteiger partial charge is 0.496 e. The molecule has 9 heteroatoms. The number of benzene rings is 2. The van der Waals surface area contributed by atoms with Crippen LogP contribution in [-0.2, 0) is 22.6 Å². The van der Waals surface area contributed by atoms with E-state index in [-0.39, 0.29) is 37.9 Å². The molecule has 2 aromatic rings. The molecular formula is C22H24ClFN2O5. The molecule has 0 spiro atoms. The monoisotopic (exact) mass is 450 g/mol. The number of rotatable bonds is 7. The predicted octanol–water partition coefficient (Wildman–Crippen LogP) is 2.82. The normalized spacial score (nSPS) is 16.5. The third-order valence-corrected chi connectivity index (χ3v) is 5.45. The Hall–Kier alpha value is -3.00. The smallest absolute Gasteiger partial charge is 0.242 e. The number of carbonyl (C=O) groups excluding carboxylic acids is 2. The molecule has 1 fully saturated rings. The molecule has 0 bridgehead atoms. The van der Waals surface area contributed by atoms with Crippen molar-refractivity contribution < 1.29 is 28.2 Å². The van der Waals surface area contributed by atoms with Crippen LogP contribution in [0.4, 0.5) is 4.39 Å². The molecule has 1 heterocycles. The van der Waals surface area contributed by atoms with Gasteiger partial charge < -0.3 is 24.4 Å². The summed E-state index contributed by atoms with van der Waals surface area (Å²) in [5, 5.41) is 3.00. The number of methoxy groups -OCH3 is 3. The van der Waals surface area contributed by atoms with Gasteiger partial charge in [0.2, 0.25) is 11.8 Å². The zero-order valence-corrected chi connectivity index (χ0v) is 18.3. The molecule has 2 amide bonds. The minimum absolute atomic E-state index is 0.106. The van der Waals surface area contributed by atoms with Gasteiger partial charge in [0.1, 0.15) is 23.1 Å². The quantitative estimate of drug-likeness (QED) is 0.702. The Morgan fingerprint density at radius 1 is 1.10 bits per heavy atom. The maximum absolute atomic E-state index is 14.2. The topological polar surface area (TPSA) is 77.1 Å². The van der Waals surface area contributed by atoms with E-state index in [2.05, 4.69) is 5.32 Å². The van der Waals surface area contributed by atoms with E-state index >= 15 is 0 Å². The molecule has 1 aliphatic heterocycles. The zero-order chi connectivity index (χ0) is 22.5. The molecule has 1 unspecified atom stereocenters. The van der Waals surface area contributed by atoms with E-state index in [4.69, 9.17) is 25.8 Å². The van der Waals surface area contributed by atoms with Crippen LogP contribution >= 0.6 is 11.6 Å². The number of amides is 2. The number of hydrogen-bond donors (Lipinski definition) is 1. The molecule has 1 N–H and O–H groups in total. The maximum atomic E-state index is 14.2. The summed E-state index contributed by atoms with van der Waals surface area (Å²) in [6, 6.07) is 7.61. The average molecular weight is 451 g/mol. The Labute approximate surface area is 185 Å². The van der Waals surface area contributed by atoms with E-state index in [1.165, 1.54) is 44.4 Å². The SMILES string of the molecule is COc1cc(OC)c(CN2CC(Cc3cc(Cl)ccc3F)C(=O)NCC2=O)c(OC)c1. The summed E-state index contributed by atoms with van der Waals surface area (Å²) in [5.74, 6) is -0.139. The fraction of sp³-hybridized carbons (Fsp3) is 0.364. The highest BCUT2D eigenvalue weighted by molar-refractivity contribution is 6.30. The van der Waals surface area contributed by atoms with Gasteiger partial charge in [-0.2, -0.15) is 0 Å². The first-order chi connectivity index (χ1) is 14.9. The van der Waals surface area contributed by atoms with Gasteiger partial charge in [-0.05, 0) is 30.2 Å². The first-order valence-corrected chi connectivity index (χ1v) is 10.0. The van der Waals surface area contributed by atoms with E-state index < -0.39 is 11.7 Å². The van der Waals surface area contributed by atoms with Crippen molar-refractivity contribution in [3.8, 4) is 17.2 Å². The van der Waals surface area contributed by atoms with E-state index in [9.17, 15) is 14.0 Å². The number of hydrogen-bond acceptors (Lipinski definition) is 5. The molecule has 0 saturated carbocycles. The molecule has 2 aromatic carbocycles. The van der Waals surface area contributed by atoms with Crippen molar-refractivity contribution in [2.75, 3.05) is 34.4 Å². The Balaban J connectivity index is 1.89. The minimum Gasteiger partial charge on any atom is -0.496 e. The fourth-order valence-corrected chi connectivity index (χ4v) is 3.76. The lowest BCUT2D eigenvalue weighted by atomic mass is 9.97. The van der Waals surface area contributed by atoms with Crippen LogP contribution in [0.3, 0.4) is 0 Å². The van der Waals surface area contributed by atoms with Crippen molar-refractivity contribution in [1.82, 2.24) is 10.2 Å². The summed E-state index contributed by atoms with van der Waals surface area (Å²) >= 11 is 5.98. The highest BCUT2D eigenvalue weighted by Crippen LogP contribution is 2.35. The molecule has 166 valence electrons.